The van der Waals surface area contributed by atoms with Crippen LogP contribution in [0.25, 0.3) is 0 Å². The van der Waals surface area contributed by atoms with E-state index >= 15 is 0 Å². The molecule has 0 aromatic heterocycles. The third-order valence-electron chi connectivity index (χ3n) is 3.50. The second kappa shape index (κ2) is 3.84. The lowest BCUT2D eigenvalue weighted by Crippen LogP contribution is -2.37. The van der Waals surface area contributed by atoms with Gasteiger partial charge in [0.25, 0.3) is 0 Å². The fraction of sp³-hybridized carbons (Fsp3) is 0.538. The summed E-state index contributed by atoms with van der Waals surface area (Å²) in [6.07, 6.45) is 2.76. The Morgan fingerprint density at radius 2 is 2.00 bits per heavy atom. The van der Waals surface area contributed by atoms with Crippen molar-refractivity contribution < 1.29 is 14.6 Å². The van der Waals surface area contributed by atoms with Gasteiger partial charge >= 0.3 is 0 Å². The molecule has 2 aliphatic rings. The number of fused-ring (bicyclic) bond motifs is 1. The Balaban J connectivity index is 1.91. The van der Waals surface area contributed by atoms with Crippen LogP contribution in [0.2, 0.25) is 0 Å². The zero-order chi connectivity index (χ0) is 11.0. The van der Waals surface area contributed by atoms with Gasteiger partial charge in [-0.05, 0) is 23.1 Å². The van der Waals surface area contributed by atoms with E-state index in [1.54, 1.807) is 0 Å². The molecule has 1 spiro atoms. The van der Waals surface area contributed by atoms with Crippen LogP contribution < -0.4 is 0 Å². The highest BCUT2D eigenvalue weighted by Gasteiger charge is 2.39. The quantitative estimate of drug-likeness (QED) is 0.777. The summed E-state index contributed by atoms with van der Waals surface area (Å²) < 4.78 is 11.5. The van der Waals surface area contributed by atoms with Crippen LogP contribution in [-0.2, 0) is 28.9 Å². The molecule has 1 fully saturated rings. The SMILES string of the molecule is OCc1ccc2c(c1)CC1(CC2)OCCO1. The molecule has 1 aromatic carbocycles. The summed E-state index contributed by atoms with van der Waals surface area (Å²) in [6, 6.07) is 6.18. The summed E-state index contributed by atoms with van der Waals surface area (Å²) in [5.41, 5.74) is 3.59. The zero-order valence-electron chi connectivity index (χ0n) is 9.24. The molecule has 0 saturated carbocycles. The summed E-state index contributed by atoms with van der Waals surface area (Å²) in [4.78, 5) is 0. The number of ether oxygens (including phenoxy) is 2. The van der Waals surface area contributed by atoms with Crippen LogP contribution in [0, 0.1) is 0 Å². The maximum atomic E-state index is 9.13. The Hall–Kier alpha value is -0.900. The molecule has 0 amide bonds. The summed E-state index contributed by atoms with van der Waals surface area (Å²) in [5.74, 6) is -0.374. The van der Waals surface area contributed by atoms with Crippen LogP contribution in [-0.4, -0.2) is 24.1 Å². The summed E-state index contributed by atoms with van der Waals surface area (Å²) >= 11 is 0. The van der Waals surface area contributed by atoms with E-state index in [-0.39, 0.29) is 12.4 Å². The van der Waals surface area contributed by atoms with E-state index in [1.165, 1.54) is 11.1 Å². The number of aliphatic hydroxyl groups is 1. The average molecular weight is 220 g/mol. The van der Waals surface area contributed by atoms with Crippen LogP contribution in [0.4, 0.5) is 0 Å². The van der Waals surface area contributed by atoms with Crippen LogP contribution in [0.3, 0.4) is 0 Å². The Morgan fingerprint density at radius 3 is 2.75 bits per heavy atom. The first-order valence-electron chi connectivity index (χ1n) is 5.81. The zero-order valence-corrected chi connectivity index (χ0v) is 9.24. The Labute approximate surface area is 95.0 Å². The van der Waals surface area contributed by atoms with Gasteiger partial charge in [0.1, 0.15) is 0 Å². The third-order valence-corrected chi connectivity index (χ3v) is 3.50. The maximum absolute atomic E-state index is 9.13. The second-order valence-corrected chi connectivity index (χ2v) is 4.55. The molecule has 0 unspecified atom stereocenters. The van der Waals surface area contributed by atoms with E-state index in [0.29, 0.717) is 13.2 Å². The lowest BCUT2D eigenvalue weighted by molar-refractivity contribution is -0.163. The minimum absolute atomic E-state index is 0.0992. The van der Waals surface area contributed by atoms with E-state index in [0.717, 1.165) is 24.8 Å². The molecule has 3 rings (SSSR count). The summed E-state index contributed by atoms with van der Waals surface area (Å²) in [7, 11) is 0. The molecule has 3 heteroatoms. The largest absolute Gasteiger partial charge is 0.392 e. The van der Waals surface area contributed by atoms with Crippen molar-refractivity contribution in [2.75, 3.05) is 13.2 Å². The lowest BCUT2D eigenvalue weighted by atomic mass is 9.86. The first kappa shape index (κ1) is 10.3. The van der Waals surface area contributed by atoms with Crippen molar-refractivity contribution in [3.63, 3.8) is 0 Å². The van der Waals surface area contributed by atoms with Crippen LogP contribution in [0.1, 0.15) is 23.1 Å². The molecule has 1 aromatic rings. The monoisotopic (exact) mass is 220 g/mol. The smallest absolute Gasteiger partial charge is 0.172 e. The Morgan fingerprint density at radius 1 is 1.19 bits per heavy atom. The topological polar surface area (TPSA) is 38.7 Å². The number of benzene rings is 1. The molecule has 16 heavy (non-hydrogen) atoms. The van der Waals surface area contributed by atoms with E-state index < -0.39 is 0 Å². The van der Waals surface area contributed by atoms with E-state index in [2.05, 4.69) is 12.1 Å². The van der Waals surface area contributed by atoms with Gasteiger partial charge in [0, 0.05) is 12.8 Å². The minimum atomic E-state index is -0.374. The fourth-order valence-electron chi connectivity index (χ4n) is 2.63. The molecule has 0 bridgehead atoms. The number of rotatable bonds is 1. The molecule has 1 aliphatic heterocycles. The molecule has 86 valence electrons. The first-order chi connectivity index (χ1) is 7.81. The Bertz CT molecular complexity index is 394. The van der Waals surface area contributed by atoms with Crippen LogP contribution in [0.5, 0.6) is 0 Å². The van der Waals surface area contributed by atoms with Crippen molar-refractivity contribution in [3.05, 3.63) is 34.9 Å². The van der Waals surface area contributed by atoms with Crippen LogP contribution in [0.15, 0.2) is 18.2 Å². The number of aliphatic hydroxyl groups excluding tert-OH is 1. The van der Waals surface area contributed by atoms with Gasteiger partial charge in [-0.2, -0.15) is 0 Å². The number of aryl methyl sites for hydroxylation is 1. The second-order valence-electron chi connectivity index (χ2n) is 4.55. The van der Waals surface area contributed by atoms with Gasteiger partial charge in [0.05, 0.1) is 19.8 Å². The molecular formula is C13H16O3. The predicted octanol–water partition coefficient (Wildman–Crippen LogP) is 1.41. The first-order valence-corrected chi connectivity index (χ1v) is 5.81. The Kier molecular flexibility index (Phi) is 2.46. The molecule has 1 saturated heterocycles. The van der Waals surface area contributed by atoms with Gasteiger partial charge in [0.2, 0.25) is 0 Å². The number of hydrogen-bond acceptors (Lipinski definition) is 3. The average Bonchev–Trinajstić information content (AvgIpc) is 2.76. The fourth-order valence-corrected chi connectivity index (χ4v) is 2.63. The van der Waals surface area contributed by atoms with Gasteiger partial charge in [-0.15, -0.1) is 0 Å². The van der Waals surface area contributed by atoms with Crippen molar-refractivity contribution in [1.29, 1.82) is 0 Å². The molecule has 1 N–H and O–H groups in total. The van der Waals surface area contributed by atoms with E-state index in [1.807, 2.05) is 6.07 Å². The van der Waals surface area contributed by atoms with Crippen molar-refractivity contribution in [1.82, 2.24) is 0 Å². The van der Waals surface area contributed by atoms with Crippen LogP contribution >= 0.6 is 0 Å². The highest BCUT2D eigenvalue weighted by molar-refractivity contribution is 5.35. The van der Waals surface area contributed by atoms with Crippen molar-refractivity contribution in [3.8, 4) is 0 Å². The standard InChI is InChI=1S/C13H16O3/c14-9-10-1-2-11-3-4-13(8-12(11)7-10)15-5-6-16-13/h1-2,7,14H,3-6,8-9H2. The molecule has 1 aliphatic carbocycles. The molecule has 3 nitrogen and oxygen atoms in total. The highest BCUT2D eigenvalue weighted by Crippen LogP contribution is 2.35. The summed E-state index contributed by atoms with van der Waals surface area (Å²) in [5, 5.41) is 9.13. The normalized spacial score (nSPS) is 22.3. The van der Waals surface area contributed by atoms with Crippen molar-refractivity contribution in [2.45, 2.75) is 31.7 Å². The molecule has 1 heterocycles. The van der Waals surface area contributed by atoms with Gasteiger partial charge in [-0.1, -0.05) is 18.2 Å². The number of hydrogen-bond donors (Lipinski definition) is 1. The highest BCUT2D eigenvalue weighted by atomic mass is 16.7. The third kappa shape index (κ3) is 1.65. The van der Waals surface area contributed by atoms with Crippen molar-refractivity contribution >= 4 is 0 Å². The van der Waals surface area contributed by atoms with Gasteiger partial charge in [-0.3, -0.25) is 0 Å². The van der Waals surface area contributed by atoms with E-state index in [4.69, 9.17) is 14.6 Å². The van der Waals surface area contributed by atoms with Gasteiger partial charge in [-0.25, -0.2) is 0 Å². The maximum Gasteiger partial charge on any atom is 0.172 e. The van der Waals surface area contributed by atoms with Gasteiger partial charge < -0.3 is 14.6 Å². The minimum Gasteiger partial charge on any atom is -0.392 e. The molecule has 0 atom stereocenters. The van der Waals surface area contributed by atoms with Gasteiger partial charge in [0.15, 0.2) is 5.79 Å². The predicted molar refractivity (Wildman–Crippen MR) is 59.0 cm³/mol. The molecule has 0 radical (unpaired) electrons. The van der Waals surface area contributed by atoms with Crippen molar-refractivity contribution in [2.24, 2.45) is 0 Å². The van der Waals surface area contributed by atoms with E-state index in [9.17, 15) is 0 Å². The summed E-state index contributed by atoms with van der Waals surface area (Å²) in [6.45, 7) is 1.51. The molecular weight excluding hydrogens is 204 g/mol. The lowest BCUT2D eigenvalue weighted by Gasteiger charge is -2.33.